The molecule has 18 heavy (non-hydrogen) atoms. The van der Waals surface area contributed by atoms with Gasteiger partial charge >= 0.3 is 0 Å². The van der Waals surface area contributed by atoms with Crippen molar-refractivity contribution in [3.63, 3.8) is 0 Å². The zero-order valence-electron chi connectivity index (χ0n) is 9.56. The van der Waals surface area contributed by atoms with Gasteiger partial charge in [-0.1, -0.05) is 36.4 Å². The van der Waals surface area contributed by atoms with Gasteiger partial charge in [0.1, 0.15) is 12.0 Å². The number of sulfone groups is 1. The van der Waals surface area contributed by atoms with Crippen LogP contribution in [0.1, 0.15) is 0 Å². The predicted octanol–water partition coefficient (Wildman–Crippen LogP) is 3.01. The highest BCUT2D eigenvalue weighted by Crippen LogP contribution is 2.13. The first kappa shape index (κ1) is 12.4. The van der Waals surface area contributed by atoms with Crippen LogP contribution in [0, 0.1) is 0 Å². The van der Waals surface area contributed by atoms with Crippen molar-refractivity contribution < 1.29 is 13.2 Å². The van der Waals surface area contributed by atoms with Gasteiger partial charge in [0, 0.05) is 0 Å². The van der Waals surface area contributed by atoms with Crippen LogP contribution in [0.25, 0.3) is 0 Å². The smallest absolute Gasteiger partial charge is 0.202 e. The summed E-state index contributed by atoms with van der Waals surface area (Å²) in [5, 5.41) is 1.05. The Hall–Kier alpha value is -2.07. The maximum Gasteiger partial charge on any atom is 0.202 e. The van der Waals surface area contributed by atoms with Gasteiger partial charge in [-0.15, -0.1) is 0 Å². The van der Waals surface area contributed by atoms with Crippen molar-refractivity contribution in [2.75, 3.05) is 0 Å². The number of hydrogen-bond acceptors (Lipinski definition) is 3. The highest BCUT2D eigenvalue weighted by molar-refractivity contribution is 7.94. The lowest BCUT2D eigenvalue weighted by molar-refractivity contribution is 0.481. The van der Waals surface area contributed by atoms with Crippen molar-refractivity contribution in [1.29, 1.82) is 0 Å². The zero-order chi connectivity index (χ0) is 12.8. The van der Waals surface area contributed by atoms with E-state index in [2.05, 4.69) is 0 Å². The fourth-order valence-corrected chi connectivity index (χ4v) is 2.26. The SMILES string of the molecule is O=S(=O)(/C=C/Oc1ccccc1)c1ccccc1. The summed E-state index contributed by atoms with van der Waals surface area (Å²) in [6, 6.07) is 17.2. The molecule has 2 rings (SSSR count). The summed E-state index contributed by atoms with van der Waals surface area (Å²) >= 11 is 0. The van der Waals surface area contributed by atoms with Gasteiger partial charge in [0.2, 0.25) is 9.84 Å². The fraction of sp³-hybridized carbons (Fsp3) is 0. The molecular formula is C14H12O3S. The lowest BCUT2D eigenvalue weighted by atomic mass is 10.3. The monoisotopic (exact) mass is 260 g/mol. The fourth-order valence-electron chi connectivity index (χ4n) is 1.37. The average molecular weight is 260 g/mol. The van der Waals surface area contributed by atoms with Crippen LogP contribution in [0.3, 0.4) is 0 Å². The molecule has 92 valence electrons. The van der Waals surface area contributed by atoms with Gasteiger partial charge in [-0.2, -0.15) is 0 Å². The molecule has 0 saturated heterocycles. The first-order chi connectivity index (χ1) is 8.68. The Kier molecular flexibility index (Phi) is 3.79. The minimum absolute atomic E-state index is 0.248. The van der Waals surface area contributed by atoms with E-state index >= 15 is 0 Å². The molecular weight excluding hydrogens is 248 g/mol. The molecule has 0 fully saturated rings. The van der Waals surface area contributed by atoms with E-state index in [9.17, 15) is 8.42 Å². The minimum atomic E-state index is -3.44. The zero-order valence-corrected chi connectivity index (χ0v) is 10.4. The van der Waals surface area contributed by atoms with E-state index in [1.807, 2.05) is 18.2 Å². The molecule has 0 radical (unpaired) electrons. The molecule has 0 N–H and O–H groups in total. The molecule has 0 bridgehead atoms. The van der Waals surface area contributed by atoms with Gasteiger partial charge in [0.15, 0.2) is 0 Å². The van der Waals surface area contributed by atoms with Gasteiger partial charge < -0.3 is 4.74 Å². The van der Waals surface area contributed by atoms with E-state index in [0.29, 0.717) is 5.75 Å². The van der Waals surface area contributed by atoms with Gasteiger partial charge in [0.25, 0.3) is 0 Å². The highest BCUT2D eigenvalue weighted by atomic mass is 32.2. The van der Waals surface area contributed by atoms with Crippen molar-refractivity contribution in [2.45, 2.75) is 4.90 Å². The molecule has 0 aliphatic rings. The van der Waals surface area contributed by atoms with Gasteiger partial charge in [-0.3, -0.25) is 0 Å². The quantitative estimate of drug-likeness (QED) is 0.794. The lowest BCUT2D eigenvalue weighted by Crippen LogP contribution is -1.96. The highest BCUT2D eigenvalue weighted by Gasteiger charge is 2.08. The molecule has 0 aliphatic heterocycles. The van der Waals surface area contributed by atoms with E-state index in [4.69, 9.17) is 4.74 Å². The maximum atomic E-state index is 11.9. The molecule has 0 spiro atoms. The largest absolute Gasteiger partial charge is 0.464 e. The van der Waals surface area contributed by atoms with Crippen molar-refractivity contribution in [2.24, 2.45) is 0 Å². The molecule has 0 atom stereocenters. The third-order valence-corrected chi connectivity index (χ3v) is 3.65. The summed E-state index contributed by atoms with van der Waals surface area (Å²) < 4.78 is 28.9. The second-order valence-electron chi connectivity index (χ2n) is 3.56. The summed E-state index contributed by atoms with van der Waals surface area (Å²) in [4.78, 5) is 0.248. The molecule has 4 heteroatoms. The van der Waals surface area contributed by atoms with Crippen LogP contribution in [0.5, 0.6) is 5.75 Å². The molecule has 0 aromatic heterocycles. The molecule has 2 aromatic rings. The number of hydrogen-bond donors (Lipinski definition) is 0. The minimum Gasteiger partial charge on any atom is -0.464 e. The Balaban J connectivity index is 2.10. The van der Waals surface area contributed by atoms with Gasteiger partial charge in [-0.25, -0.2) is 8.42 Å². The Morgan fingerprint density at radius 1 is 0.833 bits per heavy atom. The number of benzene rings is 2. The normalized spacial score (nSPS) is 11.6. The summed E-state index contributed by atoms with van der Waals surface area (Å²) in [5.74, 6) is 0.594. The molecule has 3 nitrogen and oxygen atoms in total. The van der Waals surface area contributed by atoms with Crippen LogP contribution in [0.2, 0.25) is 0 Å². The standard InChI is InChI=1S/C14H12O3S/c15-18(16,14-9-5-2-6-10-14)12-11-17-13-7-3-1-4-8-13/h1-12H/b12-11+. The van der Waals surface area contributed by atoms with Crippen LogP contribution < -0.4 is 4.74 Å². The third-order valence-electron chi connectivity index (χ3n) is 2.25. The first-order valence-corrected chi connectivity index (χ1v) is 6.91. The topological polar surface area (TPSA) is 43.4 Å². The molecule has 0 saturated carbocycles. The van der Waals surface area contributed by atoms with E-state index in [0.717, 1.165) is 5.41 Å². The Labute approximate surface area is 106 Å². The number of rotatable bonds is 4. The molecule has 0 amide bonds. The molecule has 0 unspecified atom stereocenters. The molecule has 0 aliphatic carbocycles. The van der Waals surface area contributed by atoms with Crippen LogP contribution >= 0.6 is 0 Å². The molecule has 0 heterocycles. The lowest BCUT2D eigenvalue weighted by Gasteiger charge is -2.00. The van der Waals surface area contributed by atoms with Crippen LogP contribution in [0.4, 0.5) is 0 Å². The van der Waals surface area contributed by atoms with Gasteiger partial charge in [0.05, 0.1) is 10.3 Å². The molecule has 2 aromatic carbocycles. The summed E-state index contributed by atoms with van der Waals surface area (Å²) in [5.41, 5.74) is 0. The Morgan fingerprint density at radius 2 is 1.39 bits per heavy atom. The van der Waals surface area contributed by atoms with Crippen LogP contribution in [0.15, 0.2) is 77.2 Å². The van der Waals surface area contributed by atoms with E-state index in [1.54, 1.807) is 42.5 Å². The Bertz CT molecular complexity index is 617. The number of ether oxygens (including phenoxy) is 1. The van der Waals surface area contributed by atoms with Crippen LogP contribution in [-0.4, -0.2) is 8.42 Å². The third kappa shape index (κ3) is 3.21. The van der Waals surface area contributed by atoms with Crippen molar-refractivity contribution in [3.05, 3.63) is 72.3 Å². The van der Waals surface area contributed by atoms with Crippen molar-refractivity contribution >= 4 is 9.84 Å². The second kappa shape index (κ2) is 5.51. The van der Waals surface area contributed by atoms with E-state index in [-0.39, 0.29) is 4.90 Å². The number of para-hydroxylation sites is 1. The van der Waals surface area contributed by atoms with Crippen LogP contribution in [-0.2, 0) is 9.84 Å². The van der Waals surface area contributed by atoms with Gasteiger partial charge in [-0.05, 0) is 24.3 Å². The summed E-state index contributed by atoms with van der Waals surface area (Å²) in [6.07, 6.45) is 1.18. The van der Waals surface area contributed by atoms with E-state index < -0.39 is 9.84 Å². The second-order valence-corrected chi connectivity index (χ2v) is 5.39. The average Bonchev–Trinajstić information content (AvgIpc) is 2.41. The predicted molar refractivity (Wildman–Crippen MR) is 69.8 cm³/mol. The van der Waals surface area contributed by atoms with Crippen molar-refractivity contribution in [3.8, 4) is 5.75 Å². The van der Waals surface area contributed by atoms with Crippen molar-refractivity contribution in [1.82, 2.24) is 0 Å². The van der Waals surface area contributed by atoms with E-state index in [1.165, 1.54) is 6.26 Å². The summed E-state index contributed by atoms with van der Waals surface area (Å²) in [7, 11) is -3.44. The summed E-state index contributed by atoms with van der Waals surface area (Å²) in [6.45, 7) is 0. The Morgan fingerprint density at radius 3 is 2.00 bits per heavy atom. The maximum absolute atomic E-state index is 11.9. The first-order valence-electron chi connectivity index (χ1n) is 5.37.